The van der Waals surface area contributed by atoms with E-state index in [4.69, 9.17) is 12.2 Å². The molecule has 0 unspecified atom stereocenters. The van der Waals surface area contributed by atoms with Crippen molar-refractivity contribution in [1.82, 2.24) is 10.2 Å². The number of ether oxygens (including phenoxy) is 1. The number of piperidine rings is 1. The molecular formula is C20H23F2N3OS. The van der Waals surface area contributed by atoms with E-state index in [0.717, 1.165) is 38.2 Å². The molecule has 1 saturated heterocycles. The molecular weight excluding hydrogens is 368 g/mol. The summed E-state index contributed by atoms with van der Waals surface area (Å²) in [6.07, 6.45) is 2.05. The van der Waals surface area contributed by atoms with Crippen molar-refractivity contribution in [3.8, 4) is 5.75 Å². The number of likely N-dealkylation sites (tertiary alicyclic amines) is 1. The number of nitrogens with zero attached hydrogens (tertiary/aromatic N) is 1. The molecule has 7 heteroatoms. The van der Waals surface area contributed by atoms with Crippen molar-refractivity contribution < 1.29 is 13.5 Å². The SMILES string of the molecule is FC(F)Oc1ccc(NC(=S)NC2CCN(Cc3ccccc3)CC2)cc1. The third-order valence-electron chi connectivity index (χ3n) is 4.51. The predicted octanol–water partition coefficient (Wildman–Crippen LogP) is 4.24. The molecule has 1 aliphatic rings. The fourth-order valence-corrected chi connectivity index (χ4v) is 3.43. The van der Waals surface area contributed by atoms with Crippen LogP contribution in [0.25, 0.3) is 0 Å². The van der Waals surface area contributed by atoms with Crippen molar-refractivity contribution in [2.45, 2.75) is 32.0 Å². The fourth-order valence-electron chi connectivity index (χ4n) is 3.15. The second-order valence-corrected chi connectivity index (χ2v) is 6.95. The van der Waals surface area contributed by atoms with Crippen molar-refractivity contribution in [3.05, 3.63) is 60.2 Å². The van der Waals surface area contributed by atoms with Gasteiger partial charge in [0.15, 0.2) is 5.11 Å². The summed E-state index contributed by atoms with van der Waals surface area (Å²) in [6, 6.07) is 17.1. The zero-order valence-electron chi connectivity index (χ0n) is 14.9. The van der Waals surface area contributed by atoms with Crippen molar-refractivity contribution >= 4 is 23.0 Å². The summed E-state index contributed by atoms with van der Waals surface area (Å²) in [5.74, 6) is 0.125. The van der Waals surface area contributed by atoms with Crippen LogP contribution in [-0.4, -0.2) is 35.8 Å². The molecule has 0 bridgehead atoms. The van der Waals surface area contributed by atoms with Crippen LogP contribution >= 0.6 is 12.2 Å². The Morgan fingerprint density at radius 3 is 2.37 bits per heavy atom. The summed E-state index contributed by atoms with van der Waals surface area (Å²) in [6.45, 7) is 0.201. The number of alkyl halides is 2. The topological polar surface area (TPSA) is 36.5 Å². The Hall–Kier alpha value is -2.25. The van der Waals surface area contributed by atoms with Crippen LogP contribution in [0.15, 0.2) is 54.6 Å². The Bertz CT molecular complexity index is 720. The molecule has 4 nitrogen and oxygen atoms in total. The Kier molecular flexibility index (Phi) is 6.95. The number of hydrogen-bond acceptors (Lipinski definition) is 3. The highest BCUT2D eigenvalue weighted by atomic mass is 32.1. The Balaban J connectivity index is 1.40. The first-order chi connectivity index (χ1) is 13.1. The maximum absolute atomic E-state index is 12.2. The largest absolute Gasteiger partial charge is 0.435 e. The molecule has 0 spiro atoms. The average molecular weight is 391 g/mol. The molecule has 0 radical (unpaired) electrons. The molecule has 1 fully saturated rings. The lowest BCUT2D eigenvalue weighted by atomic mass is 10.0. The molecule has 0 aliphatic carbocycles. The van der Waals surface area contributed by atoms with Gasteiger partial charge in [0.25, 0.3) is 0 Å². The van der Waals surface area contributed by atoms with Gasteiger partial charge < -0.3 is 15.4 Å². The van der Waals surface area contributed by atoms with Crippen LogP contribution in [0.2, 0.25) is 0 Å². The van der Waals surface area contributed by atoms with Crippen molar-refractivity contribution in [2.24, 2.45) is 0 Å². The van der Waals surface area contributed by atoms with E-state index in [-0.39, 0.29) is 5.75 Å². The van der Waals surface area contributed by atoms with Gasteiger partial charge in [0.1, 0.15) is 5.75 Å². The molecule has 0 atom stereocenters. The van der Waals surface area contributed by atoms with Gasteiger partial charge in [0.2, 0.25) is 0 Å². The van der Waals surface area contributed by atoms with Crippen LogP contribution in [-0.2, 0) is 6.54 Å². The number of benzene rings is 2. The van der Waals surface area contributed by atoms with Gasteiger partial charge in [-0.25, -0.2) is 0 Å². The van der Waals surface area contributed by atoms with Gasteiger partial charge in [-0.2, -0.15) is 8.78 Å². The normalized spacial score (nSPS) is 15.5. The van der Waals surface area contributed by atoms with Crippen molar-refractivity contribution in [1.29, 1.82) is 0 Å². The van der Waals surface area contributed by atoms with E-state index in [2.05, 4.69) is 44.5 Å². The number of anilines is 1. The van der Waals surface area contributed by atoms with Gasteiger partial charge in [-0.15, -0.1) is 0 Å². The molecule has 0 amide bonds. The number of thiocarbonyl (C=S) groups is 1. The Labute approximate surface area is 163 Å². The minimum atomic E-state index is -2.82. The number of rotatable bonds is 6. The Morgan fingerprint density at radius 1 is 1.07 bits per heavy atom. The summed E-state index contributed by atoms with van der Waals surface area (Å²) in [5, 5.41) is 6.97. The molecule has 144 valence electrons. The van der Waals surface area contributed by atoms with Crippen LogP contribution in [0.1, 0.15) is 18.4 Å². The summed E-state index contributed by atoms with van der Waals surface area (Å²) >= 11 is 5.37. The minimum absolute atomic E-state index is 0.125. The van der Waals surface area contributed by atoms with E-state index in [1.54, 1.807) is 12.1 Å². The maximum atomic E-state index is 12.2. The maximum Gasteiger partial charge on any atom is 0.387 e. The highest BCUT2D eigenvalue weighted by Gasteiger charge is 2.19. The van der Waals surface area contributed by atoms with Crippen LogP contribution in [0.4, 0.5) is 14.5 Å². The fraction of sp³-hybridized carbons (Fsp3) is 0.350. The van der Waals surface area contributed by atoms with Gasteiger partial charge in [-0.1, -0.05) is 30.3 Å². The lowest BCUT2D eigenvalue weighted by Crippen LogP contribution is -2.45. The molecule has 3 rings (SSSR count). The lowest BCUT2D eigenvalue weighted by Gasteiger charge is -2.33. The smallest absolute Gasteiger partial charge is 0.387 e. The third-order valence-corrected chi connectivity index (χ3v) is 4.73. The molecule has 1 heterocycles. The molecule has 0 aromatic heterocycles. The van der Waals surface area contributed by atoms with Gasteiger partial charge in [-0.05, 0) is 54.9 Å². The summed E-state index contributed by atoms with van der Waals surface area (Å²) in [4.78, 5) is 2.45. The van der Waals surface area contributed by atoms with E-state index in [0.29, 0.717) is 11.2 Å². The zero-order chi connectivity index (χ0) is 19.1. The highest BCUT2D eigenvalue weighted by Crippen LogP contribution is 2.18. The van der Waals surface area contributed by atoms with Gasteiger partial charge in [0.05, 0.1) is 0 Å². The second-order valence-electron chi connectivity index (χ2n) is 6.54. The minimum Gasteiger partial charge on any atom is -0.435 e. The molecule has 2 N–H and O–H groups in total. The Morgan fingerprint density at radius 2 is 1.74 bits per heavy atom. The summed E-state index contributed by atoms with van der Waals surface area (Å²) < 4.78 is 28.7. The number of hydrogen-bond donors (Lipinski definition) is 2. The molecule has 2 aromatic carbocycles. The second kappa shape index (κ2) is 9.62. The van der Waals surface area contributed by atoms with Gasteiger partial charge in [0, 0.05) is 31.4 Å². The van der Waals surface area contributed by atoms with Crippen LogP contribution in [0, 0.1) is 0 Å². The van der Waals surface area contributed by atoms with E-state index in [1.807, 2.05) is 6.07 Å². The van der Waals surface area contributed by atoms with Crippen molar-refractivity contribution in [2.75, 3.05) is 18.4 Å². The molecule has 27 heavy (non-hydrogen) atoms. The third kappa shape index (κ3) is 6.45. The van der Waals surface area contributed by atoms with Crippen molar-refractivity contribution in [3.63, 3.8) is 0 Å². The van der Waals surface area contributed by atoms with E-state index in [9.17, 15) is 8.78 Å². The van der Waals surface area contributed by atoms with Gasteiger partial charge >= 0.3 is 6.61 Å². The molecule has 2 aromatic rings. The van der Waals surface area contributed by atoms with Crippen LogP contribution in [0.3, 0.4) is 0 Å². The van der Waals surface area contributed by atoms with Crippen LogP contribution in [0.5, 0.6) is 5.75 Å². The van der Waals surface area contributed by atoms with E-state index >= 15 is 0 Å². The predicted molar refractivity (Wildman–Crippen MR) is 107 cm³/mol. The summed E-state index contributed by atoms with van der Waals surface area (Å²) in [7, 11) is 0. The molecule has 0 saturated carbocycles. The zero-order valence-corrected chi connectivity index (χ0v) is 15.7. The highest BCUT2D eigenvalue weighted by molar-refractivity contribution is 7.80. The standard InChI is InChI=1S/C20H23F2N3OS/c21-19(22)26-18-8-6-16(7-9-18)23-20(27)24-17-10-12-25(13-11-17)14-15-4-2-1-3-5-15/h1-9,17,19H,10-14H2,(H2,23,24,27). The first kappa shape index (κ1) is 19.5. The van der Waals surface area contributed by atoms with Gasteiger partial charge in [-0.3, -0.25) is 4.90 Å². The number of nitrogens with one attached hydrogen (secondary N) is 2. The summed E-state index contributed by atoms with van der Waals surface area (Å²) in [5.41, 5.74) is 2.07. The quantitative estimate of drug-likeness (QED) is 0.721. The van der Waals surface area contributed by atoms with E-state index in [1.165, 1.54) is 17.7 Å². The average Bonchev–Trinajstić information content (AvgIpc) is 2.65. The number of halogens is 2. The first-order valence-corrected chi connectivity index (χ1v) is 9.38. The first-order valence-electron chi connectivity index (χ1n) is 8.97. The lowest BCUT2D eigenvalue weighted by molar-refractivity contribution is -0.0498. The van der Waals surface area contributed by atoms with Crippen LogP contribution < -0.4 is 15.4 Å². The van der Waals surface area contributed by atoms with E-state index < -0.39 is 6.61 Å². The monoisotopic (exact) mass is 391 g/mol. The molecule has 1 aliphatic heterocycles.